The van der Waals surface area contributed by atoms with Crippen LogP contribution in [0.1, 0.15) is 18.5 Å². The van der Waals surface area contributed by atoms with Crippen LogP contribution in [0.25, 0.3) is 50.3 Å². The van der Waals surface area contributed by atoms with Gasteiger partial charge in [-0.25, -0.2) is 15.0 Å². The normalized spacial score (nSPS) is 14.1. The van der Waals surface area contributed by atoms with E-state index in [1.54, 1.807) is 12.4 Å². The fourth-order valence-electron chi connectivity index (χ4n) is 5.14. The Bertz CT molecular complexity index is 1740. The summed E-state index contributed by atoms with van der Waals surface area (Å²) in [5, 5.41) is 9.55. The fourth-order valence-corrected chi connectivity index (χ4v) is 5.14. The summed E-state index contributed by atoms with van der Waals surface area (Å²) in [6.07, 6.45) is 13.6. The standard InChI is InChI=1S/C28H27N9O/c1-18-16-37(17-32-18)25-4-5-30-27-22(25)12-24(33-27)26-23-11-20(14-31-28(23)35-34-26)19-10-21(15-29-13-19)38-9-8-36-6-2-3-7-36/h4-5,10-17H,2-3,6-9H2,1H3,(H,30,33)(H,31,34,35). The lowest BCUT2D eigenvalue weighted by molar-refractivity contribution is 0.237. The van der Waals surface area contributed by atoms with E-state index in [2.05, 4.69) is 52.1 Å². The maximum Gasteiger partial charge on any atom is 0.155 e. The summed E-state index contributed by atoms with van der Waals surface area (Å²) in [4.78, 5) is 23.8. The molecule has 6 aromatic heterocycles. The van der Waals surface area contributed by atoms with Crippen molar-refractivity contribution in [3.05, 3.63) is 67.3 Å². The number of aromatic nitrogens is 8. The Morgan fingerprint density at radius 1 is 0.947 bits per heavy atom. The van der Waals surface area contributed by atoms with Crippen LogP contribution < -0.4 is 4.74 Å². The highest BCUT2D eigenvalue weighted by Gasteiger charge is 2.16. The van der Waals surface area contributed by atoms with E-state index in [1.807, 2.05) is 48.5 Å². The van der Waals surface area contributed by atoms with Crippen molar-refractivity contribution in [3.8, 4) is 34.0 Å². The van der Waals surface area contributed by atoms with Gasteiger partial charge in [0, 0.05) is 53.2 Å². The monoisotopic (exact) mass is 505 g/mol. The first-order valence-corrected chi connectivity index (χ1v) is 12.8. The number of pyridine rings is 3. The Hall–Kier alpha value is -4.57. The summed E-state index contributed by atoms with van der Waals surface area (Å²) in [5.41, 5.74) is 6.99. The maximum absolute atomic E-state index is 6.02. The topological polar surface area (TPSA) is 113 Å². The van der Waals surface area contributed by atoms with E-state index in [-0.39, 0.29) is 0 Å². The van der Waals surface area contributed by atoms with Crippen LogP contribution in [0.2, 0.25) is 0 Å². The molecular formula is C28H27N9O. The molecule has 0 atom stereocenters. The molecule has 0 radical (unpaired) electrons. The van der Waals surface area contributed by atoms with Gasteiger partial charge >= 0.3 is 0 Å². The number of aryl methyl sites for hydroxylation is 1. The molecule has 6 aromatic rings. The molecule has 0 spiro atoms. The molecule has 190 valence electrons. The summed E-state index contributed by atoms with van der Waals surface area (Å²) in [6, 6.07) is 8.17. The first kappa shape index (κ1) is 22.6. The van der Waals surface area contributed by atoms with Gasteiger partial charge in [-0.15, -0.1) is 0 Å². The highest BCUT2D eigenvalue weighted by atomic mass is 16.5. The van der Waals surface area contributed by atoms with Crippen molar-refractivity contribution in [2.45, 2.75) is 19.8 Å². The number of nitrogens with zero attached hydrogens (tertiary/aromatic N) is 7. The number of aromatic amines is 2. The van der Waals surface area contributed by atoms with Gasteiger partial charge in [0.05, 0.1) is 29.6 Å². The van der Waals surface area contributed by atoms with Crippen molar-refractivity contribution < 1.29 is 4.74 Å². The van der Waals surface area contributed by atoms with Crippen molar-refractivity contribution in [1.82, 2.24) is 44.6 Å². The number of rotatable bonds is 7. The SMILES string of the molecule is Cc1cn(-c2ccnc3[nH]c(-c4n[nH]c5ncc(-c6cncc(OCCN7CCCC7)c6)cc45)cc23)cn1. The molecule has 38 heavy (non-hydrogen) atoms. The number of fused-ring (bicyclic) bond motifs is 2. The number of nitrogens with one attached hydrogen (secondary N) is 2. The van der Waals surface area contributed by atoms with Crippen LogP contribution in [-0.2, 0) is 0 Å². The summed E-state index contributed by atoms with van der Waals surface area (Å²) in [7, 11) is 0. The van der Waals surface area contributed by atoms with Gasteiger partial charge in [-0.2, -0.15) is 5.10 Å². The third-order valence-electron chi connectivity index (χ3n) is 7.09. The van der Waals surface area contributed by atoms with Gasteiger partial charge in [0.2, 0.25) is 0 Å². The van der Waals surface area contributed by atoms with Crippen molar-refractivity contribution >= 4 is 22.1 Å². The fraction of sp³-hybridized carbons (Fsp3) is 0.250. The van der Waals surface area contributed by atoms with E-state index in [1.165, 1.54) is 12.8 Å². The molecule has 0 bridgehead atoms. The predicted octanol–water partition coefficient (Wildman–Crippen LogP) is 4.53. The van der Waals surface area contributed by atoms with Crippen LogP contribution in [0.4, 0.5) is 0 Å². The molecule has 7 heterocycles. The molecule has 1 aliphatic rings. The lowest BCUT2D eigenvalue weighted by Gasteiger charge is -2.15. The Labute approximate surface area is 218 Å². The smallest absolute Gasteiger partial charge is 0.155 e. The van der Waals surface area contributed by atoms with Crippen LogP contribution in [0.15, 0.2) is 61.6 Å². The third-order valence-corrected chi connectivity index (χ3v) is 7.09. The Morgan fingerprint density at radius 2 is 1.84 bits per heavy atom. The minimum absolute atomic E-state index is 0.656. The summed E-state index contributed by atoms with van der Waals surface area (Å²) >= 11 is 0. The minimum atomic E-state index is 0.656. The van der Waals surface area contributed by atoms with E-state index in [0.717, 1.165) is 75.7 Å². The zero-order valence-electron chi connectivity index (χ0n) is 21.1. The highest BCUT2D eigenvalue weighted by molar-refractivity contribution is 5.97. The average Bonchev–Trinajstić information content (AvgIpc) is 3.74. The number of ether oxygens (including phenoxy) is 1. The first-order chi connectivity index (χ1) is 18.7. The van der Waals surface area contributed by atoms with Gasteiger partial charge in [0.15, 0.2) is 5.65 Å². The van der Waals surface area contributed by atoms with Gasteiger partial charge in [-0.3, -0.25) is 15.0 Å². The van der Waals surface area contributed by atoms with Crippen molar-refractivity contribution in [3.63, 3.8) is 0 Å². The van der Waals surface area contributed by atoms with Crippen molar-refractivity contribution in [2.24, 2.45) is 0 Å². The average molecular weight is 506 g/mol. The molecule has 1 saturated heterocycles. The Kier molecular flexibility index (Phi) is 5.58. The highest BCUT2D eigenvalue weighted by Crippen LogP contribution is 2.32. The second-order valence-corrected chi connectivity index (χ2v) is 9.70. The minimum Gasteiger partial charge on any atom is -0.491 e. The molecule has 10 heteroatoms. The number of imidazole rings is 1. The zero-order chi connectivity index (χ0) is 25.5. The van der Waals surface area contributed by atoms with Gasteiger partial charge in [0.1, 0.15) is 23.7 Å². The van der Waals surface area contributed by atoms with Gasteiger partial charge in [-0.1, -0.05) is 0 Å². The first-order valence-electron chi connectivity index (χ1n) is 12.8. The Balaban J connectivity index is 1.20. The second kappa shape index (κ2) is 9.38. The summed E-state index contributed by atoms with van der Waals surface area (Å²) < 4.78 is 8.02. The number of likely N-dealkylation sites (tertiary alicyclic amines) is 1. The molecule has 0 aliphatic carbocycles. The van der Waals surface area contributed by atoms with Crippen LogP contribution >= 0.6 is 0 Å². The molecule has 0 aromatic carbocycles. The molecule has 1 aliphatic heterocycles. The van der Waals surface area contributed by atoms with E-state index >= 15 is 0 Å². The maximum atomic E-state index is 6.02. The zero-order valence-corrected chi connectivity index (χ0v) is 21.1. The molecule has 7 rings (SSSR count). The molecule has 10 nitrogen and oxygen atoms in total. The molecule has 1 fully saturated rings. The lowest BCUT2D eigenvalue weighted by Crippen LogP contribution is -2.25. The summed E-state index contributed by atoms with van der Waals surface area (Å²) in [6.45, 7) is 5.90. The number of hydrogen-bond acceptors (Lipinski definition) is 7. The van der Waals surface area contributed by atoms with Gasteiger partial charge < -0.3 is 14.3 Å². The largest absolute Gasteiger partial charge is 0.491 e. The quantitative estimate of drug-likeness (QED) is 0.328. The predicted molar refractivity (Wildman–Crippen MR) is 145 cm³/mol. The number of H-pyrrole nitrogens is 2. The third kappa shape index (κ3) is 4.18. The van der Waals surface area contributed by atoms with E-state index < -0.39 is 0 Å². The molecule has 0 saturated carbocycles. The van der Waals surface area contributed by atoms with Crippen molar-refractivity contribution in [2.75, 3.05) is 26.2 Å². The molecule has 2 N–H and O–H groups in total. The van der Waals surface area contributed by atoms with E-state index in [4.69, 9.17) is 4.74 Å². The molecule has 0 amide bonds. The number of hydrogen-bond donors (Lipinski definition) is 2. The van der Waals surface area contributed by atoms with Crippen LogP contribution in [0, 0.1) is 6.92 Å². The molecular weight excluding hydrogens is 478 g/mol. The summed E-state index contributed by atoms with van der Waals surface area (Å²) in [5.74, 6) is 0.762. The van der Waals surface area contributed by atoms with Crippen LogP contribution in [0.3, 0.4) is 0 Å². The van der Waals surface area contributed by atoms with E-state index in [9.17, 15) is 0 Å². The van der Waals surface area contributed by atoms with Crippen molar-refractivity contribution in [1.29, 1.82) is 0 Å². The van der Waals surface area contributed by atoms with E-state index in [0.29, 0.717) is 12.3 Å². The van der Waals surface area contributed by atoms with Gasteiger partial charge in [-0.05, 0) is 57.1 Å². The molecule has 0 unspecified atom stereocenters. The lowest BCUT2D eigenvalue weighted by atomic mass is 10.1. The van der Waals surface area contributed by atoms with Crippen LogP contribution in [0.5, 0.6) is 5.75 Å². The Morgan fingerprint density at radius 3 is 2.71 bits per heavy atom. The second-order valence-electron chi connectivity index (χ2n) is 9.70. The van der Waals surface area contributed by atoms with Gasteiger partial charge in [0.25, 0.3) is 0 Å². The van der Waals surface area contributed by atoms with Crippen LogP contribution in [-0.4, -0.2) is 70.8 Å².